The predicted molar refractivity (Wildman–Crippen MR) is 86.8 cm³/mol. The van der Waals surface area contributed by atoms with Gasteiger partial charge in [0.05, 0.1) is 5.56 Å². The van der Waals surface area contributed by atoms with Crippen molar-refractivity contribution in [1.29, 1.82) is 0 Å². The van der Waals surface area contributed by atoms with Gasteiger partial charge < -0.3 is 4.90 Å². The molecule has 0 saturated carbocycles. The van der Waals surface area contributed by atoms with Crippen LogP contribution in [0.1, 0.15) is 23.2 Å². The number of amides is 1. The van der Waals surface area contributed by atoms with Crippen molar-refractivity contribution in [3.05, 3.63) is 42.2 Å². The van der Waals surface area contributed by atoms with E-state index in [1.54, 1.807) is 28.0 Å². The van der Waals surface area contributed by atoms with Gasteiger partial charge >= 0.3 is 0 Å². The molecule has 0 radical (unpaired) electrons. The van der Waals surface area contributed by atoms with Crippen molar-refractivity contribution in [1.82, 2.24) is 19.7 Å². The SMILES string of the molecule is CSc1cccc(F)c1C(=O)N1CCCC(Cn2cncn2)C1. The van der Waals surface area contributed by atoms with Crippen LogP contribution in [-0.4, -0.2) is 44.9 Å². The van der Waals surface area contributed by atoms with Crippen LogP contribution in [0.5, 0.6) is 0 Å². The zero-order chi connectivity index (χ0) is 16.2. The van der Waals surface area contributed by atoms with Crippen LogP contribution in [0.4, 0.5) is 4.39 Å². The standard InChI is InChI=1S/C16H19FN4OS/c1-23-14-6-2-5-13(17)15(14)16(22)20-7-3-4-12(8-20)9-21-11-18-10-19-21/h2,5-6,10-12H,3-4,7-9H2,1H3. The molecule has 5 nitrogen and oxygen atoms in total. The normalized spacial score (nSPS) is 18.2. The summed E-state index contributed by atoms with van der Waals surface area (Å²) >= 11 is 1.40. The molecule has 1 saturated heterocycles. The number of likely N-dealkylation sites (tertiary alicyclic amines) is 1. The molecule has 1 aromatic carbocycles. The molecular weight excluding hydrogens is 315 g/mol. The van der Waals surface area contributed by atoms with Gasteiger partial charge in [-0.05, 0) is 37.1 Å². The second-order valence-electron chi connectivity index (χ2n) is 5.69. The average molecular weight is 334 g/mol. The fourth-order valence-electron chi connectivity index (χ4n) is 3.03. The molecule has 1 fully saturated rings. The highest BCUT2D eigenvalue weighted by atomic mass is 32.2. The Morgan fingerprint density at radius 3 is 3.09 bits per heavy atom. The Balaban J connectivity index is 1.75. The van der Waals surface area contributed by atoms with Crippen molar-refractivity contribution in [2.45, 2.75) is 24.3 Å². The number of halogens is 1. The number of thioether (sulfide) groups is 1. The van der Waals surface area contributed by atoms with Crippen LogP contribution in [0.2, 0.25) is 0 Å². The summed E-state index contributed by atoms with van der Waals surface area (Å²) in [7, 11) is 0. The monoisotopic (exact) mass is 334 g/mol. The second-order valence-corrected chi connectivity index (χ2v) is 6.54. The highest BCUT2D eigenvalue weighted by Crippen LogP contribution is 2.26. The molecule has 1 aliphatic heterocycles. The summed E-state index contributed by atoms with van der Waals surface area (Å²) in [5.74, 6) is -0.338. The molecule has 7 heteroatoms. The molecule has 0 spiro atoms. The highest BCUT2D eigenvalue weighted by molar-refractivity contribution is 7.98. The van der Waals surface area contributed by atoms with Crippen LogP contribution in [0.3, 0.4) is 0 Å². The molecule has 1 aliphatic rings. The van der Waals surface area contributed by atoms with E-state index in [1.807, 2.05) is 6.26 Å². The van der Waals surface area contributed by atoms with Gasteiger partial charge in [-0.3, -0.25) is 9.48 Å². The maximum Gasteiger partial charge on any atom is 0.257 e. The minimum Gasteiger partial charge on any atom is -0.338 e. The first-order valence-corrected chi connectivity index (χ1v) is 8.85. The molecule has 0 N–H and O–H groups in total. The summed E-state index contributed by atoms with van der Waals surface area (Å²) < 4.78 is 15.9. The van der Waals surface area contributed by atoms with Gasteiger partial charge in [0.25, 0.3) is 5.91 Å². The number of carbonyl (C=O) groups is 1. The molecule has 0 aliphatic carbocycles. The minimum atomic E-state index is -0.444. The number of benzene rings is 1. The average Bonchev–Trinajstić information content (AvgIpc) is 3.07. The first-order valence-electron chi connectivity index (χ1n) is 7.63. The Bertz CT molecular complexity index is 677. The summed E-state index contributed by atoms with van der Waals surface area (Å²) in [6.45, 7) is 2.03. The Kier molecular flexibility index (Phi) is 4.95. The molecule has 122 valence electrons. The van der Waals surface area contributed by atoms with Crippen LogP contribution >= 0.6 is 11.8 Å². The summed E-state index contributed by atoms with van der Waals surface area (Å²) in [6.07, 6.45) is 7.01. The number of nitrogens with zero attached hydrogens (tertiary/aromatic N) is 4. The molecule has 1 atom stereocenters. The van der Waals surface area contributed by atoms with E-state index in [4.69, 9.17) is 0 Å². The zero-order valence-electron chi connectivity index (χ0n) is 13.0. The number of rotatable bonds is 4. The van der Waals surface area contributed by atoms with Crippen molar-refractivity contribution >= 4 is 17.7 Å². The summed E-state index contributed by atoms with van der Waals surface area (Å²) in [6, 6.07) is 4.78. The zero-order valence-corrected chi connectivity index (χ0v) is 13.8. The largest absolute Gasteiger partial charge is 0.338 e. The van der Waals surface area contributed by atoms with Crippen molar-refractivity contribution in [3.63, 3.8) is 0 Å². The van der Waals surface area contributed by atoms with Crippen molar-refractivity contribution < 1.29 is 9.18 Å². The van der Waals surface area contributed by atoms with Gasteiger partial charge in [0.2, 0.25) is 0 Å². The Morgan fingerprint density at radius 1 is 1.48 bits per heavy atom. The molecule has 2 aromatic rings. The van der Waals surface area contributed by atoms with Crippen LogP contribution < -0.4 is 0 Å². The maximum absolute atomic E-state index is 14.2. The van der Waals surface area contributed by atoms with Crippen molar-refractivity contribution in [2.75, 3.05) is 19.3 Å². The van der Waals surface area contributed by atoms with Crippen LogP contribution in [0.15, 0.2) is 35.7 Å². The van der Waals surface area contributed by atoms with E-state index in [9.17, 15) is 9.18 Å². The number of hydrogen-bond acceptors (Lipinski definition) is 4. The van der Waals surface area contributed by atoms with Crippen LogP contribution in [0.25, 0.3) is 0 Å². The van der Waals surface area contributed by atoms with Gasteiger partial charge in [0, 0.05) is 24.5 Å². The predicted octanol–water partition coefficient (Wildman–Crippen LogP) is 2.69. The third-order valence-corrected chi connectivity index (χ3v) is 4.91. The lowest BCUT2D eigenvalue weighted by Crippen LogP contribution is -2.41. The van der Waals surface area contributed by atoms with E-state index in [2.05, 4.69) is 10.1 Å². The van der Waals surface area contributed by atoms with E-state index in [0.29, 0.717) is 23.9 Å². The Morgan fingerprint density at radius 2 is 2.35 bits per heavy atom. The summed E-state index contributed by atoms with van der Waals surface area (Å²) in [4.78, 5) is 19.2. The topological polar surface area (TPSA) is 51.0 Å². The third-order valence-electron chi connectivity index (χ3n) is 4.13. The molecule has 1 amide bonds. The van der Waals surface area contributed by atoms with Gasteiger partial charge in [-0.1, -0.05) is 6.07 Å². The van der Waals surface area contributed by atoms with E-state index in [1.165, 1.54) is 24.2 Å². The lowest BCUT2D eigenvalue weighted by Gasteiger charge is -2.33. The smallest absolute Gasteiger partial charge is 0.257 e. The first-order chi connectivity index (χ1) is 11.2. The van der Waals surface area contributed by atoms with Gasteiger partial charge in [0.1, 0.15) is 18.5 Å². The van der Waals surface area contributed by atoms with Gasteiger partial charge in [0.15, 0.2) is 0 Å². The third kappa shape index (κ3) is 3.55. The highest BCUT2D eigenvalue weighted by Gasteiger charge is 2.28. The summed E-state index contributed by atoms with van der Waals surface area (Å²) in [5, 5.41) is 4.12. The number of carbonyl (C=O) groups excluding carboxylic acids is 1. The minimum absolute atomic E-state index is 0.196. The van der Waals surface area contributed by atoms with E-state index >= 15 is 0 Å². The van der Waals surface area contributed by atoms with Crippen LogP contribution in [-0.2, 0) is 6.54 Å². The molecule has 0 bridgehead atoms. The lowest BCUT2D eigenvalue weighted by molar-refractivity contribution is 0.0651. The summed E-state index contributed by atoms with van der Waals surface area (Å²) in [5.41, 5.74) is 0.196. The quantitative estimate of drug-likeness (QED) is 0.807. The Hall–Kier alpha value is -1.89. The number of hydrogen-bond donors (Lipinski definition) is 0. The van der Waals surface area contributed by atoms with E-state index in [-0.39, 0.29) is 11.5 Å². The second kappa shape index (κ2) is 7.12. The van der Waals surface area contributed by atoms with E-state index in [0.717, 1.165) is 19.4 Å². The number of piperidine rings is 1. The molecule has 1 unspecified atom stereocenters. The molecule has 3 rings (SSSR count). The number of aromatic nitrogens is 3. The van der Waals surface area contributed by atoms with Gasteiger partial charge in [-0.25, -0.2) is 9.37 Å². The first kappa shape index (κ1) is 16.0. The lowest BCUT2D eigenvalue weighted by atomic mass is 9.97. The van der Waals surface area contributed by atoms with E-state index < -0.39 is 5.82 Å². The fraction of sp³-hybridized carbons (Fsp3) is 0.438. The molecule has 2 heterocycles. The van der Waals surface area contributed by atoms with Gasteiger partial charge in [-0.15, -0.1) is 11.8 Å². The maximum atomic E-state index is 14.2. The molecular formula is C16H19FN4OS. The molecule has 1 aromatic heterocycles. The molecule has 23 heavy (non-hydrogen) atoms. The van der Waals surface area contributed by atoms with Crippen molar-refractivity contribution in [2.24, 2.45) is 5.92 Å². The van der Waals surface area contributed by atoms with Crippen molar-refractivity contribution in [3.8, 4) is 0 Å². The van der Waals surface area contributed by atoms with Crippen LogP contribution in [0, 0.1) is 11.7 Å². The fourth-order valence-corrected chi connectivity index (χ4v) is 3.63. The Labute approximate surface area is 138 Å². The van der Waals surface area contributed by atoms with Gasteiger partial charge in [-0.2, -0.15) is 5.10 Å².